The molecule has 7 rings (SSSR count). The molecule has 2 aromatic heterocycles. The maximum atomic E-state index is 16.1. The number of nitriles is 1. The number of nitrogens with zero attached hydrogens (tertiary/aromatic N) is 4. The van der Waals surface area contributed by atoms with Crippen molar-refractivity contribution in [3.8, 4) is 29.0 Å². The van der Waals surface area contributed by atoms with Crippen LogP contribution >= 0.6 is 0 Å². The zero-order valence-electron chi connectivity index (χ0n) is 27.5. The maximum Gasteiger partial charge on any atom is 0.335 e. The topological polar surface area (TPSA) is 138 Å². The summed E-state index contributed by atoms with van der Waals surface area (Å²) in [7, 11) is 1.56. The van der Waals surface area contributed by atoms with Crippen LogP contribution in [-0.4, -0.2) is 65.3 Å². The van der Waals surface area contributed by atoms with Crippen molar-refractivity contribution in [2.45, 2.75) is 45.1 Å². The van der Waals surface area contributed by atoms with Crippen molar-refractivity contribution >= 4 is 17.0 Å². The first kappa shape index (κ1) is 33.2. The minimum absolute atomic E-state index is 0.0596. The Bertz CT molecular complexity index is 2100. The van der Waals surface area contributed by atoms with Crippen LogP contribution in [0.15, 0.2) is 60.7 Å². The monoisotopic (exact) mass is 678 g/mol. The number of rotatable bonds is 9. The van der Waals surface area contributed by atoms with E-state index >= 15 is 4.39 Å². The molecule has 2 aliphatic heterocycles. The SMILES string of the molecule is COCCOc1cc(C(=O)O)cc2c1nc(Cc1cc(F)c3cc1COCCc1cc(ccc1C#N)COc1cccc-3n1)n2CC1CCO1. The molecule has 0 aliphatic carbocycles. The lowest BCUT2D eigenvalue weighted by molar-refractivity contribution is -0.0589. The molecule has 0 amide bonds. The highest BCUT2D eigenvalue weighted by Gasteiger charge is 2.25. The summed E-state index contributed by atoms with van der Waals surface area (Å²) in [6.07, 6.45) is 1.50. The van der Waals surface area contributed by atoms with Crippen LogP contribution in [0.5, 0.6) is 11.6 Å². The molecule has 1 fully saturated rings. The predicted molar refractivity (Wildman–Crippen MR) is 180 cm³/mol. The average Bonchev–Trinajstić information content (AvgIpc) is 3.44. The Labute approximate surface area is 287 Å². The van der Waals surface area contributed by atoms with Gasteiger partial charge < -0.3 is 33.4 Å². The lowest BCUT2D eigenvalue weighted by Crippen LogP contribution is -2.31. The molecule has 2 aliphatic rings. The van der Waals surface area contributed by atoms with E-state index in [2.05, 4.69) is 11.1 Å². The Morgan fingerprint density at radius 3 is 2.74 bits per heavy atom. The van der Waals surface area contributed by atoms with Crippen LogP contribution < -0.4 is 9.47 Å². The Hall–Kier alpha value is -5.35. The standard InChI is InChI=1S/C38H35FN4O7/c1-46-11-12-49-34-17-27(38(44)45)16-33-37(34)42-35(43(33)20-29-8-10-48-29)18-26-15-31(39)30-14-28(26)22-47-9-7-24-13-23(5-6-25(24)19-40)21-50-36-4-2-3-32(30)41-36/h2-6,13-17,29H,7-12,18,20-22H2,1H3,(H,44,45). The number of hydrogen-bond acceptors (Lipinski definition) is 9. The molecular weight excluding hydrogens is 643 g/mol. The van der Waals surface area contributed by atoms with Crippen LogP contribution in [0.2, 0.25) is 0 Å². The second-order valence-electron chi connectivity index (χ2n) is 12.2. The van der Waals surface area contributed by atoms with Crippen LogP contribution in [0, 0.1) is 17.1 Å². The van der Waals surface area contributed by atoms with Gasteiger partial charge in [0, 0.05) is 31.8 Å². The van der Waals surface area contributed by atoms with E-state index in [1.165, 1.54) is 12.1 Å². The first-order chi connectivity index (χ1) is 24.4. The summed E-state index contributed by atoms with van der Waals surface area (Å²) in [6.45, 7) is 2.34. The molecule has 0 saturated carbocycles. The molecule has 0 radical (unpaired) electrons. The number of ether oxygens (including phenoxy) is 5. The summed E-state index contributed by atoms with van der Waals surface area (Å²) < 4.78 is 47.1. The number of benzene rings is 3. The third kappa shape index (κ3) is 7.02. The largest absolute Gasteiger partial charge is 0.489 e. The molecule has 5 aromatic rings. The van der Waals surface area contributed by atoms with Gasteiger partial charge in [-0.3, -0.25) is 0 Å². The smallest absolute Gasteiger partial charge is 0.335 e. The number of methoxy groups -OCH3 is 1. The average molecular weight is 679 g/mol. The van der Waals surface area contributed by atoms with Gasteiger partial charge in [0.15, 0.2) is 0 Å². The van der Waals surface area contributed by atoms with Crippen molar-refractivity contribution in [3.05, 3.63) is 106 Å². The number of fused-ring (bicyclic) bond motifs is 8. The van der Waals surface area contributed by atoms with Crippen LogP contribution in [0.4, 0.5) is 4.39 Å². The van der Waals surface area contributed by atoms with Crippen molar-refractivity contribution in [1.82, 2.24) is 14.5 Å². The number of aromatic carboxylic acids is 1. The van der Waals surface area contributed by atoms with E-state index < -0.39 is 11.8 Å². The molecule has 256 valence electrons. The molecular formula is C38H35FN4O7. The fourth-order valence-electron chi connectivity index (χ4n) is 6.22. The molecule has 1 atom stereocenters. The third-order valence-corrected chi connectivity index (χ3v) is 8.96. The molecule has 50 heavy (non-hydrogen) atoms. The highest BCUT2D eigenvalue weighted by atomic mass is 19.1. The fourth-order valence-corrected chi connectivity index (χ4v) is 6.22. The molecule has 12 heteroatoms. The fraction of sp³-hybridized carbons (Fsp3) is 0.316. The molecule has 1 N–H and O–H groups in total. The molecule has 4 heterocycles. The van der Waals surface area contributed by atoms with Crippen LogP contribution in [0.3, 0.4) is 0 Å². The summed E-state index contributed by atoms with van der Waals surface area (Å²) in [5, 5.41) is 19.6. The Kier molecular flexibility index (Phi) is 9.71. The van der Waals surface area contributed by atoms with E-state index in [4.69, 9.17) is 28.7 Å². The van der Waals surface area contributed by atoms with Gasteiger partial charge in [-0.2, -0.15) is 5.26 Å². The first-order valence-electron chi connectivity index (χ1n) is 16.4. The number of hydrogen-bond donors (Lipinski definition) is 1. The second-order valence-corrected chi connectivity index (χ2v) is 12.2. The molecule has 1 unspecified atom stereocenters. The molecule has 11 nitrogen and oxygen atoms in total. The van der Waals surface area contributed by atoms with Gasteiger partial charge >= 0.3 is 5.97 Å². The van der Waals surface area contributed by atoms with Gasteiger partial charge in [0.25, 0.3) is 0 Å². The molecule has 0 spiro atoms. The molecule has 6 bridgehead atoms. The Balaban J connectivity index is 1.30. The zero-order chi connectivity index (χ0) is 34.6. The van der Waals surface area contributed by atoms with E-state index in [-0.39, 0.29) is 37.9 Å². The number of imidazole rings is 1. The van der Waals surface area contributed by atoms with Gasteiger partial charge in [0.1, 0.15) is 36.1 Å². The summed E-state index contributed by atoms with van der Waals surface area (Å²) >= 11 is 0. The van der Waals surface area contributed by atoms with E-state index in [0.717, 1.165) is 23.1 Å². The maximum absolute atomic E-state index is 16.1. The number of carbonyl (C=O) groups is 1. The van der Waals surface area contributed by atoms with Gasteiger partial charge in [-0.15, -0.1) is 0 Å². The summed E-state index contributed by atoms with van der Waals surface area (Å²) in [5.41, 5.74) is 5.54. The lowest BCUT2D eigenvalue weighted by Gasteiger charge is -2.27. The van der Waals surface area contributed by atoms with Crippen molar-refractivity contribution in [2.24, 2.45) is 0 Å². The van der Waals surface area contributed by atoms with Gasteiger partial charge in [-0.1, -0.05) is 18.2 Å². The first-order valence-corrected chi connectivity index (χ1v) is 16.4. The third-order valence-electron chi connectivity index (χ3n) is 8.96. The molecule has 1 saturated heterocycles. The highest BCUT2D eigenvalue weighted by molar-refractivity contribution is 5.95. The van der Waals surface area contributed by atoms with Crippen molar-refractivity contribution in [1.29, 1.82) is 5.26 Å². The summed E-state index contributed by atoms with van der Waals surface area (Å²) in [5.74, 6) is -0.298. The quantitative estimate of drug-likeness (QED) is 0.189. The van der Waals surface area contributed by atoms with Crippen molar-refractivity contribution in [2.75, 3.05) is 33.5 Å². The number of halogens is 1. The summed E-state index contributed by atoms with van der Waals surface area (Å²) in [4.78, 5) is 21.7. The normalized spacial score (nSPS) is 15.7. The predicted octanol–water partition coefficient (Wildman–Crippen LogP) is 5.86. The minimum Gasteiger partial charge on any atom is -0.489 e. The van der Waals surface area contributed by atoms with Gasteiger partial charge in [0.05, 0.1) is 60.9 Å². The van der Waals surface area contributed by atoms with Crippen molar-refractivity contribution in [3.63, 3.8) is 0 Å². The van der Waals surface area contributed by atoms with E-state index in [1.807, 2.05) is 16.7 Å². The highest BCUT2D eigenvalue weighted by Crippen LogP contribution is 2.33. The van der Waals surface area contributed by atoms with Crippen LogP contribution in [0.1, 0.15) is 50.4 Å². The van der Waals surface area contributed by atoms with Crippen LogP contribution in [-0.2, 0) is 46.8 Å². The minimum atomic E-state index is -1.10. The second kappa shape index (κ2) is 14.6. The number of carboxylic acid groups (broad SMARTS) is 1. The van der Waals surface area contributed by atoms with E-state index in [9.17, 15) is 15.2 Å². The van der Waals surface area contributed by atoms with Gasteiger partial charge in [-0.05, 0) is 71.5 Å². The van der Waals surface area contributed by atoms with E-state index in [0.29, 0.717) is 83.7 Å². The number of pyridine rings is 1. The lowest BCUT2D eigenvalue weighted by atomic mass is 9.98. The molecule has 3 aromatic carbocycles. The summed E-state index contributed by atoms with van der Waals surface area (Å²) in [6, 6.07) is 19.3. The van der Waals surface area contributed by atoms with Crippen LogP contribution in [0.25, 0.3) is 22.3 Å². The Morgan fingerprint density at radius 2 is 1.96 bits per heavy atom. The number of aromatic nitrogens is 3. The van der Waals surface area contributed by atoms with Gasteiger partial charge in [-0.25, -0.2) is 19.2 Å². The van der Waals surface area contributed by atoms with Gasteiger partial charge in [0.2, 0.25) is 5.88 Å². The Morgan fingerprint density at radius 1 is 1.08 bits per heavy atom. The van der Waals surface area contributed by atoms with E-state index in [1.54, 1.807) is 43.5 Å². The number of carboxylic acids is 1. The zero-order valence-corrected chi connectivity index (χ0v) is 27.5. The van der Waals surface area contributed by atoms with Crippen molar-refractivity contribution < 1.29 is 38.0 Å².